The predicted molar refractivity (Wildman–Crippen MR) is 41.3 cm³/mol. The molecule has 0 atom stereocenters. The van der Waals surface area contributed by atoms with E-state index in [0.717, 1.165) is 0 Å². The van der Waals surface area contributed by atoms with E-state index >= 15 is 0 Å². The zero-order chi connectivity index (χ0) is 9.78. The number of ether oxygens (including phenoxy) is 1. The molecule has 0 amide bonds. The lowest BCUT2D eigenvalue weighted by Gasteiger charge is -2.20. The molecule has 0 aromatic carbocycles. The molecule has 0 unspecified atom stereocenters. The Hall–Kier alpha value is -1.50. The molecule has 0 rings (SSSR count). The zero-order valence-corrected chi connectivity index (χ0v) is 6.96. The monoisotopic (exact) mass is 170 g/mol. The molecular weight excluding hydrogens is 160 g/mol. The van der Waals surface area contributed by atoms with Gasteiger partial charge >= 0.3 is 11.9 Å². The van der Waals surface area contributed by atoms with Gasteiger partial charge in [0.1, 0.15) is 5.60 Å². The molecule has 0 spiro atoms. The molecule has 12 heavy (non-hydrogen) atoms. The van der Waals surface area contributed by atoms with Crippen molar-refractivity contribution in [1.29, 1.82) is 0 Å². The lowest BCUT2D eigenvalue weighted by Crippen LogP contribution is -2.31. The molecule has 0 fully saturated rings. The fraction of sp³-hybridized carbons (Fsp3) is 0.500. The van der Waals surface area contributed by atoms with E-state index in [1.807, 2.05) is 0 Å². The van der Waals surface area contributed by atoms with Gasteiger partial charge in [-0.15, -0.1) is 12.3 Å². The first kappa shape index (κ1) is 10.5. The van der Waals surface area contributed by atoms with Gasteiger partial charge in [0, 0.05) is 6.42 Å². The Labute approximate surface area is 70.5 Å². The standard InChI is InChI=1S/C8H10O4/c1-4-5-8(2,3)12-7(11)6(9)10/h1H,5H2,2-3H3,(H,9,10). The number of carbonyl (C=O) groups excluding carboxylic acids is 1. The van der Waals surface area contributed by atoms with Crippen molar-refractivity contribution in [3.05, 3.63) is 0 Å². The summed E-state index contributed by atoms with van der Waals surface area (Å²) in [7, 11) is 0. The maximum atomic E-state index is 10.5. The highest BCUT2D eigenvalue weighted by Crippen LogP contribution is 2.13. The van der Waals surface area contributed by atoms with E-state index in [1.165, 1.54) is 0 Å². The first-order valence-corrected chi connectivity index (χ1v) is 3.29. The Kier molecular flexibility index (Phi) is 3.30. The van der Waals surface area contributed by atoms with Gasteiger partial charge in [-0.25, -0.2) is 9.59 Å². The van der Waals surface area contributed by atoms with Crippen molar-refractivity contribution in [3.8, 4) is 12.3 Å². The van der Waals surface area contributed by atoms with E-state index < -0.39 is 17.5 Å². The highest BCUT2D eigenvalue weighted by Gasteiger charge is 2.25. The number of carboxylic acid groups (broad SMARTS) is 1. The van der Waals surface area contributed by atoms with Gasteiger partial charge in [-0.05, 0) is 13.8 Å². The Morgan fingerprint density at radius 2 is 2.08 bits per heavy atom. The quantitative estimate of drug-likeness (QED) is 0.370. The van der Waals surface area contributed by atoms with Crippen LogP contribution in [0.5, 0.6) is 0 Å². The third kappa shape index (κ3) is 3.62. The van der Waals surface area contributed by atoms with Gasteiger partial charge in [0.05, 0.1) is 0 Å². The zero-order valence-electron chi connectivity index (χ0n) is 6.96. The highest BCUT2D eigenvalue weighted by atomic mass is 16.6. The molecule has 0 aromatic rings. The summed E-state index contributed by atoms with van der Waals surface area (Å²) in [6.45, 7) is 3.10. The van der Waals surface area contributed by atoms with Crippen molar-refractivity contribution >= 4 is 11.9 Å². The van der Waals surface area contributed by atoms with Crippen LogP contribution in [-0.2, 0) is 14.3 Å². The SMILES string of the molecule is C#CCC(C)(C)OC(=O)C(=O)O. The summed E-state index contributed by atoms with van der Waals surface area (Å²) in [6, 6.07) is 0. The van der Waals surface area contributed by atoms with Crippen molar-refractivity contribution < 1.29 is 19.4 Å². The van der Waals surface area contributed by atoms with Crippen LogP contribution >= 0.6 is 0 Å². The topological polar surface area (TPSA) is 63.6 Å². The average molecular weight is 170 g/mol. The van der Waals surface area contributed by atoms with Crippen LogP contribution in [-0.4, -0.2) is 22.6 Å². The van der Waals surface area contributed by atoms with Crippen LogP contribution < -0.4 is 0 Å². The lowest BCUT2D eigenvalue weighted by atomic mass is 10.1. The first-order chi connectivity index (χ1) is 5.39. The maximum Gasteiger partial charge on any atom is 0.417 e. The number of terminal acetylenes is 1. The summed E-state index contributed by atoms with van der Waals surface area (Å²) in [6.07, 6.45) is 5.16. The van der Waals surface area contributed by atoms with Crippen LogP contribution in [0.25, 0.3) is 0 Å². The van der Waals surface area contributed by atoms with Crippen LogP contribution in [0, 0.1) is 12.3 Å². The minimum Gasteiger partial charge on any atom is -0.473 e. The molecular formula is C8H10O4. The van der Waals surface area contributed by atoms with Crippen LogP contribution in [0.15, 0.2) is 0 Å². The summed E-state index contributed by atoms with van der Waals surface area (Å²) < 4.78 is 4.56. The lowest BCUT2D eigenvalue weighted by molar-refractivity contribution is -0.172. The molecule has 4 heteroatoms. The molecule has 66 valence electrons. The molecule has 0 aliphatic carbocycles. The molecule has 0 aromatic heterocycles. The van der Waals surface area contributed by atoms with Crippen molar-refractivity contribution in [2.75, 3.05) is 0 Å². The molecule has 0 saturated heterocycles. The number of rotatable bonds is 2. The third-order valence-corrected chi connectivity index (χ3v) is 1.07. The number of esters is 1. The molecule has 0 aliphatic rings. The Morgan fingerprint density at radius 3 is 2.42 bits per heavy atom. The van der Waals surface area contributed by atoms with Gasteiger partial charge in [-0.1, -0.05) is 0 Å². The van der Waals surface area contributed by atoms with E-state index in [1.54, 1.807) is 13.8 Å². The predicted octanol–water partition coefficient (Wildman–Crippen LogP) is 0.416. The molecule has 0 saturated carbocycles. The Morgan fingerprint density at radius 1 is 1.58 bits per heavy atom. The Balaban J connectivity index is 4.17. The molecule has 0 heterocycles. The van der Waals surface area contributed by atoms with Gasteiger partial charge < -0.3 is 9.84 Å². The number of carbonyl (C=O) groups is 2. The summed E-state index contributed by atoms with van der Waals surface area (Å²) in [4.78, 5) is 20.6. The van der Waals surface area contributed by atoms with Crippen molar-refractivity contribution in [1.82, 2.24) is 0 Å². The van der Waals surface area contributed by atoms with Crippen LogP contribution in [0.4, 0.5) is 0 Å². The minimum atomic E-state index is -1.61. The van der Waals surface area contributed by atoms with Crippen molar-refractivity contribution in [3.63, 3.8) is 0 Å². The van der Waals surface area contributed by atoms with Gasteiger partial charge in [0.15, 0.2) is 0 Å². The number of aliphatic carboxylic acids is 1. The highest BCUT2D eigenvalue weighted by molar-refractivity contribution is 6.28. The van der Waals surface area contributed by atoms with Gasteiger partial charge in [-0.3, -0.25) is 0 Å². The van der Waals surface area contributed by atoms with Crippen LogP contribution in [0.1, 0.15) is 20.3 Å². The minimum absolute atomic E-state index is 0.187. The smallest absolute Gasteiger partial charge is 0.417 e. The second-order valence-electron chi connectivity index (χ2n) is 2.84. The maximum absolute atomic E-state index is 10.5. The molecule has 0 bridgehead atoms. The van der Waals surface area contributed by atoms with Crippen molar-refractivity contribution in [2.45, 2.75) is 25.9 Å². The Bertz CT molecular complexity index is 234. The van der Waals surface area contributed by atoms with E-state index in [0.29, 0.717) is 0 Å². The second kappa shape index (κ2) is 3.77. The molecule has 1 N–H and O–H groups in total. The molecule has 0 aliphatic heterocycles. The number of carboxylic acids is 1. The van der Waals surface area contributed by atoms with Gasteiger partial charge in [-0.2, -0.15) is 0 Å². The number of hydrogen-bond acceptors (Lipinski definition) is 3. The third-order valence-electron chi connectivity index (χ3n) is 1.07. The van der Waals surface area contributed by atoms with Gasteiger partial charge in [0.2, 0.25) is 0 Å². The molecule has 0 radical (unpaired) electrons. The first-order valence-electron chi connectivity index (χ1n) is 3.29. The fourth-order valence-corrected chi connectivity index (χ4v) is 0.576. The number of hydrogen-bond donors (Lipinski definition) is 1. The van der Waals surface area contributed by atoms with E-state index in [4.69, 9.17) is 11.5 Å². The summed E-state index contributed by atoms with van der Waals surface area (Å²) in [5, 5.41) is 8.19. The van der Waals surface area contributed by atoms with E-state index in [-0.39, 0.29) is 6.42 Å². The molecule has 4 nitrogen and oxygen atoms in total. The summed E-state index contributed by atoms with van der Waals surface area (Å²) in [5.74, 6) is -0.611. The largest absolute Gasteiger partial charge is 0.473 e. The van der Waals surface area contributed by atoms with E-state index in [2.05, 4.69) is 10.7 Å². The normalized spacial score (nSPS) is 10.1. The van der Waals surface area contributed by atoms with Crippen LogP contribution in [0.3, 0.4) is 0 Å². The van der Waals surface area contributed by atoms with Gasteiger partial charge in [0.25, 0.3) is 0 Å². The second-order valence-corrected chi connectivity index (χ2v) is 2.84. The van der Waals surface area contributed by atoms with Crippen molar-refractivity contribution in [2.24, 2.45) is 0 Å². The average Bonchev–Trinajstić information content (AvgIpc) is 1.85. The summed E-state index contributed by atoms with van der Waals surface area (Å²) in [5.41, 5.74) is -0.912. The van der Waals surface area contributed by atoms with E-state index in [9.17, 15) is 9.59 Å². The fourth-order valence-electron chi connectivity index (χ4n) is 0.576. The summed E-state index contributed by atoms with van der Waals surface area (Å²) >= 11 is 0. The van der Waals surface area contributed by atoms with Crippen LogP contribution in [0.2, 0.25) is 0 Å².